The van der Waals surface area contributed by atoms with Gasteiger partial charge in [-0.15, -0.1) is 0 Å². The lowest BCUT2D eigenvalue weighted by Crippen LogP contribution is -2.03. The highest BCUT2D eigenvalue weighted by atomic mass is 16.5. The molecule has 0 aliphatic heterocycles. The monoisotopic (exact) mass is 218 g/mol. The van der Waals surface area contributed by atoms with Crippen molar-refractivity contribution in [2.45, 2.75) is 0 Å². The quantitative estimate of drug-likeness (QED) is 0.574. The summed E-state index contributed by atoms with van der Waals surface area (Å²) in [7, 11) is 0. The Kier molecular flexibility index (Phi) is 4.03. The average Bonchev–Trinajstić information content (AvgIpc) is 2.30. The van der Waals surface area contributed by atoms with Crippen LogP contribution in [0.3, 0.4) is 0 Å². The van der Waals surface area contributed by atoms with Gasteiger partial charge in [0.25, 0.3) is 0 Å². The van der Waals surface area contributed by atoms with Crippen LogP contribution in [0.25, 0.3) is 0 Å². The maximum Gasteiger partial charge on any atom is 0.342 e. The van der Waals surface area contributed by atoms with E-state index in [1.54, 1.807) is 0 Å². The van der Waals surface area contributed by atoms with Gasteiger partial charge in [-0.2, -0.15) is 0 Å². The van der Waals surface area contributed by atoms with E-state index in [0.29, 0.717) is 11.1 Å². The summed E-state index contributed by atoms with van der Waals surface area (Å²) >= 11 is 0. The summed E-state index contributed by atoms with van der Waals surface area (Å²) < 4.78 is 9.14. The predicted molar refractivity (Wildman–Crippen MR) is 57.7 cm³/mol. The van der Waals surface area contributed by atoms with Crippen molar-refractivity contribution >= 4 is 11.9 Å². The van der Waals surface area contributed by atoms with Crippen LogP contribution in [0, 0.1) is 0 Å². The molecular formula is C12H10O4. The zero-order chi connectivity index (χ0) is 12.0. The summed E-state index contributed by atoms with van der Waals surface area (Å²) in [6.07, 6.45) is 2.09. The van der Waals surface area contributed by atoms with Crippen molar-refractivity contribution < 1.29 is 19.1 Å². The van der Waals surface area contributed by atoms with E-state index in [1.165, 1.54) is 24.3 Å². The molecule has 1 aromatic rings. The van der Waals surface area contributed by atoms with Gasteiger partial charge in [-0.05, 0) is 24.3 Å². The third-order valence-corrected chi connectivity index (χ3v) is 1.74. The lowest BCUT2D eigenvalue weighted by molar-refractivity contribution is 0.0649. The van der Waals surface area contributed by atoms with Crippen molar-refractivity contribution in [3.63, 3.8) is 0 Å². The fraction of sp³-hybridized carbons (Fsp3) is 0. The van der Waals surface area contributed by atoms with E-state index in [0.717, 1.165) is 12.5 Å². The molecule has 0 aliphatic rings. The molecule has 0 fully saturated rings. The van der Waals surface area contributed by atoms with E-state index in [2.05, 4.69) is 22.6 Å². The molecule has 0 N–H and O–H groups in total. The van der Waals surface area contributed by atoms with Gasteiger partial charge in [-0.3, -0.25) is 0 Å². The highest BCUT2D eigenvalue weighted by molar-refractivity contribution is 5.93. The topological polar surface area (TPSA) is 52.6 Å². The molecule has 0 bridgehead atoms. The number of ether oxygens (including phenoxy) is 2. The van der Waals surface area contributed by atoms with Gasteiger partial charge in [-0.25, -0.2) is 9.59 Å². The van der Waals surface area contributed by atoms with Crippen LogP contribution in [0.1, 0.15) is 20.7 Å². The highest BCUT2D eigenvalue weighted by Crippen LogP contribution is 2.07. The summed E-state index contributed by atoms with van der Waals surface area (Å²) in [6.45, 7) is 6.54. The SMILES string of the molecule is C=COC(=O)c1ccc(C(=O)OC=C)cc1. The summed E-state index contributed by atoms with van der Waals surface area (Å²) in [4.78, 5) is 22.5. The Balaban J connectivity index is 2.82. The molecule has 0 heterocycles. The van der Waals surface area contributed by atoms with E-state index >= 15 is 0 Å². The number of benzene rings is 1. The summed E-state index contributed by atoms with van der Waals surface area (Å²) in [6, 6.07) is 5.86. The van der Waals surface area contributed by atoms with Gasteiger partial charge in [0, 0.05) is 0 Å². The number of rotatable bonds is 4. The standard InChI is InChI=1S/C12H10O4/c1-3-15-11(13)9-5-7-10(8-6-9)12(14)16-4-2/h3-8H,1-2H2. The minimum atomic E-state index is -0.529. The molecule has 1 rings (SSSR count). The predicted octanol–water partition coefficient (Wildman–Crippen LogP) is 2.29. The van der Waals surface area contributed by atoms with Gasteiger partial charge in [0.15, 0.2) is 0 Å². The van der Waals surface area contributed by atoms with Crippen LogP contribution < -0.4 is 0 Å². The zero-order valence-electron chi connectivity index (χ0n) is 8.51. The molecule has 0 aromatic heterocycles. The van der Waals surface area contributed by atoms with Crippen molar-refractivity contribution in [1.29, 1.82) is 0 Å². The number of esters is 2. The Morgan fingerprint density at radius 1 is 0.875 bits per heavy atom. The Bertz CT molecular complexity index is 376. The number of carbonyl (C=O) groups is 2. The zero-order valence-corrected chi connectivity index (χ0v) is 8.51. The third kappa shape index (κ3) is 2.81. The summed E-state index contributed by atoms with van der Waals surface area (Å²) in [5.74, 6) is -1.06. The number of hydrogen-bond donors (Lipinski definition) is 0. The van der Waals surface area contributed by atoms with E-state index in [9.17, 15) is 9.59 Å². The second kappa shape index (κ2) is 5.50. The van der Waals surface area contributed by atoms with Crippen LogP contribution in [-0.4, -0.2) is 11.9 Å². The van der Waals surface area contributed by atoms with Crippen molar-refractivity contribution in [3.8, 4) is 0 Å². The Morgan fingerprint density at radius 2 is 1.19 bits per heavy atom. The lowest BCUT2D eigenvalue weighted by atomic mass is 10.1. The largest absolute Gasteiger partial charge is 0.432 e. The average molecular weight is 218 g/mol. The minimum absolute atomic E-state index is 0.329. The molecule has 0 saturated heterocycles. The molecule has 0 unspecified atom stereocenters. The molecule has 0 atom stereocenters. The first-order chi connectivity index (χ1) is 7.69. The molecule has 82 valence electrons. The third-order valence-electron chi connectivity index (χ3n) is 1.74. The fourth-order valence-electron chi connectivity index (χ4n) is 1.03. The fourth-order valence-corrected chi connectivity index (χ4v) is 1.03. The Hall–Kier alpha value is -2.36. The van der Waals surface area contributed by atoms with Gasteiger partial charge < -0.3 is 9.47 Å². The van der Waals surface area contributed by atoms with E-state index in [-0.39, 0.29) is 0 Å². The van der Waals surface area contributed by atoms with Crippen LogP contribution in [0.4, 0.5) is 0 Å². The highest BCUT2D eigenvalue weighted by Gasteiger charge is 2.09. The van der Waals surface area contributed by atoms with Crippen LogP contribution in [0.15, 0.2) is 49.9 Å². The number of hydrogen-bond acceptors (Lipinski definition) is 4. The van der Waals surface area contributed by atoms with Gasteiger partial charge in [0.2, 0.25) is 0 Å². The molecule has 0 radical (unpaired) electrons. The molecule has 0 aliphatic carbocycles. The first-order valence-electron chi connectivity index (χ1n) is 4.43. The minimum Gasteiger partial charge on any atom is -0.432 e. The molecule has 0 spiro atoms. The van der Waals surface area contributed by atoms with Crippen LogP contribution in [0.5, 0.6) is 0 Å². The molecule has 16 heavy (non-hydrogen) atoms. The molecular weight excluding hydrogens is 208 g/mol. The van der Waals surface area contributed by atoms with Crippen molar-refractivity contribution in [3.05, 3.63) is 61.1 Å². The van der Waals surface area contributed by atoms with Crippen LogP contribution in [0.2, 0.25) is 0 Å². The van der Waals surface area contributed by atoms with E-state index in [4.69, 9.17) is 0 Å². The molecule has 4 heteroatoms. The second-order valence-electron chi connectivity index (χ2n) is 2.72. The summed E-state index contributed by atoms with van der Waals surface area (Å²) in [5, 5.41) is 0. The van der Waals surface area contributed by atoms with E-state index in [1.807, 2.05) is 0 Å². The van der Waals surface area contributed by atoms with Crippen LogP contribution >= 0.6 is 0 Å². The summed E-state index contributed by atoms with van der Waals surface area (Å²) in [5.41, 5.74) is 0.658. The smallest absolute Gasteiger partial charge is 0.342 e. The second-order valence-corrected chi connectivity index (χ2v) is 2.72. The maximum absolute atomic E-state index is 11.2. The first-order valence-corrected chi connectivity index (χ1v) is 4.43. The molecule has 0 amide bonds. The van der Waals surface area contributed by atoms with Crippen molar-refractivity contribution in [2.75, 3.05) is 0 Å². The maximum atomic E-state index is 11.2. The van der Waals surface area contributed by atoms with Gasteiger partial charge in [-0.1, -0.05) is 13.2 Å². The van der Waals surface area contributed by atoms with Gasteiger partial charge >= 0.3 is 11.9 Å². The molecule has 0 saturated carbocycles. The van der Waals surface area contributed by atoms with Crippen LogP contribution in [-0.2, 0) is 9.47 Å². The van der Waals surface area contributed by atoms with Crippen molar-refractivity contribution in [1.82, 2.24) is 0 Å². The van der Waals surface area contributed by atoms with Crippen molar-refractivity contribution in [2.24, 2.45) is 0 Å². The Labute approximate surface area is 92.8 Å². The first kappa shape index (κ1) is 11.7. The van der Waals surface area contributed by atoms with Gasteiger partial charge in [0.05, 0.1) is 23.7 Å². The molecule has 1 aromatic carbocycles. The Morgan fingerprint density at radius 3 is 1.44 bits per heavy atom. The molecule has 4 nitrogen and oxygen atoms in total. The normalized spacial score (nSPS) is 9.00. The van der Waals surface area contributed by atoms with Gasteiger partial charge in [0.1, 0.15) is 0 Å². The number of carbonyl (C=O) groups excluding carboxylic acids is 2. The van der Waals surface area contributed by atoms with E-state index < -0.39 is 11.9 Å². The lowest BCUT2D eigenvalue weighted by Gasteiger charge is -2.01.